The number of rotatable bonds is 10. The van der Waals surface area contributed by atoms with Crippen LogP contribution in [0.15, 0.2) is 48.5 Å². The fourth-order valence-corrected chi connectivity index (χ4v) is 3.93. The third-order valence-corrected chi connectivity index (χ3v) is 5.62. The van der Waals surface area contributed by atoms with Gasteiger partial charge in [0.05, 0.1) is 0 Å². The number of halogens is 3. The fourth-order valence-electron chi connectivity index (χ4n) is 3.93. The van der Waals surface area contributed by atoms with Crippen LogP contribution in [0.2, 0.25) is 0 Å². The summed E-state index contributed by atoms with van der Waals surface area (Å²) in [6.45, 7) is -1.13. The summed E-state index contributed by atoms with van der Waals surface area (Å²) in [5.41, 5.74) is 3.97. The van der Waals surface area contributed by atoms with E-state index in [-0.39, 0.29) is 38.3 Å². The molecule has 3 rings (SSSR count). The first-order valence-corrected chi connectivity index (χ1v) is 10.8. The molecule has 7 nitrogen and oxygen atoms in total. The van der Waals surface area contributed by atoms with Crippen LogP contribution >= 0.6 is 0 Å². The number of carboxylic acid groups (broad SMARTS) is 1. The molecule has 10 heteroatoms. The molecule has 0 aromatic heterocycles. The summed E-state index contributed by atoms with van der Waals surface area (Å²) >= 11 is 0. The topological polar surface area (TPSA) is 105 Å². The molecule has 2 aromatic rings. The minimum absolute atomic E-state index is 0.0632. The predicted molar refractivity (Wildman–Crippen MR) is 117 cm³/mol. The second-order valence-electron chi connectivity index (χ2n) is 7.94. The van der Waals surface area contributed by atoms with Crippen molar-refractivity contribution >= 4 is 18.0 Å². The summed E-state index contributed by atoms with van der Waals surface area (Å²) in [4.78, 5) is 34.6. The van der Waals surface area contributed by atoms with Crippen molar-refractivity contribution in [2.75, 3.05) is 19.7 Å². The van der Waals surface area contributed by atoms with Crippen molar-refractivity contribution in [3.8, 4) is 11.1 Å². The first-order valence-electron chi connectivity index (χ1n) is 10.8. The molecule has 1 unspecified atom stereocenters. The summed E-state index contributed by atoms with van der Waals surface area (Å²) in [5.74, 6) is -5.01. The summed E-state index contributed by atoms with van der Waals surface area (Å²) in [6, 6.07) is 15.3. The number of nitrogens with one attached hydrogen (secondary N) is 2. The third-order valence-electron chi connectivity index (χ3n) is 5.62. The Morgan fingerprint density at radius 1 is 0.941 bits per heavy atom. The number of hydrogen-bond donors (Lipinski definition) is 3. The Morgan fingerprint density at radius 2 is 1.53 bits per heavy atom. The smallest absolute Gasteiger partial charge is 0.407 e. The van der Waals surface area contributed by atoms with Crippen molar-refractivity contribution in [1.82, 2.24) is 10.6 Å². The van der Waals surface area contributed by atoms with Crippen LogP contribution in [0.25, 0.3) is 11.1 Å². The number of carboxylic acids is 1. The van der Waals surface area contributed by atoms with Gasteiger partial charge in [-0.2, -0.15) is 13.2 Å². The Morgan fingerprint density at radius 3 is 2.09 bits per heavy atom. The molecule has 0 aliphatic heterocycles. The van der Waals surface area contributed by atoms with Gasteiger partial charge in [-0.25, -0.2) is 4.79 Å². The zero-order valence-corrected chi connectivity index (χ0v) is 18.2. The van der Waals surface area contributed by atoms with Gasteiger partial charge in [-0.3, -0.25) is 9.59 Å². The largest absolute Gasteiger partial charge is 0.481 e. The monoisotopic (exact) mass is 478 g/mol. The lowest BCUT2D eigenvalue weighted by Gasteiger charge is -2.20. The number of fused-ring (bicyclic) bond motifs is 3. The van der Waals surface area contributed by atoms with Crippen molar-refractivity contribution in [2.24, 2.45) is 5.92 Å². The molecule has 0 spiro atoms. The Bertz CT molecular complexity index is 996. The van der Waals surface area contributed by atoms with E-state index in [0.29, 0.717) is 0 Å². The van der Waals surface area contributed by atoms with Crippen LogP contribution in [0.5, 0.6) is 0 Å². The third kappa shape index (κ3) is 6.27. The highest BCUT2D eigenvalue weighted by Gasteiger charge is 2.45. The Labute approximate surface area is 194 Å². The number of unbranched alkanes of at least 4 members (excludes halogenated alkanes) is 1. The van der Waals surface area contributed by atoms with Crippen LogP contribution in [0.3, 0.4) is 0 Å². The number of alkyl halides is 3. The first-order chi connectivity index (χ1) is 16.2. The molecule has 1 atom stereocenters. The average Bonchev–Trinajstić information content (AvgIpc) is 3.10. The second kappa shape index (κ2) is 11.0. The molecule has 182 valence electrons. The van der Waals surface area contributed by atoms with E-state index in [1.807, 2.05) is 53.8 Å². The number of amides is 2. The molecule has 1 aliphatic rings. The van der Waals surface area contributed by atoms with Gasteiger partial charge in [-0.05, 0) is 35.1 Å². The van der Waals surface area contributed by atoms with E-state index < -0.39 is 36.6 Å². The Hall–Kier alpha value is -3.56. The maximum absolute atomic E-state index is 13.3. The number of alkyl carbamates (subject to hydrolysis) is 1. The van der Waals surface area contributed by atoms with Gasteiger partial charge in [0.15, 0.2) is 5.92 Å². The lowest BCUT2D eigenvalue weighted by molar-refractivity contribution is -0.181. The summed E-state index contributed by atoms with van der Waals surface area (Å²) in [5, 5.41) is 12.7. The van der Waals surface area contributed by atoms with Gasteiger partial charge in [0.1, 0.15) is 6.61 Å². The number of benzene rings is 2. The van der Waals surface area contributed by atoms with Crippen LogP contribution in [0.4, 0.5) is 18.0 Å². The van der Waals surface area contributed by atoms with Crippen molar-refractivity contribution in [2.45, 2.75) is 31.4 Å². The van der Waals surface area contributed by atoms with Crippen LogP contribution in [-0.4, -0.2) is 48.9 Å². The number of hydrogen-bond acceptors (Lipinski definition) is 4. The van der Waals surface area contributed by atoms with Crippen molar-refractivity contribution in [3.05, 3.63) is 59.7 Å². The summed E-state index contributed by atoms with van der Waals surface area (Å²) < 4.78 is 45.2. The molecule has 0 saturated heterocycles. The first kappa shape index (κ1) is 25.1. The standard InChI is InChI=1S/C24H25F3N2O5/c25-24(26,27)20(22(32)28-12-6-5-11-21(30)31)13-29-23(33)34-14-19-17-9-3-1-7-15(17)16-8-2-4-10-18(16)19/h1-4,7-10,19-20H,5-6,11-14H2,(H,28,32)(H,29,33)(H,30,31). The quantitative estimate of drug-likeness (QED) is 0.447. The van der Waals surface area contributed by atoms with Crippen molar-refractivity contribution < 1.29 is 37.4 Å². The lowest BCUT2D eigenvalue weighted by Crippen LogP contribution is -2.46. The highest BCUT2D eigenvalue weighted by atomic mass is 19.4. The lowest BCUT2D eigenvalue weighted by atomic mass is 9.98. The molecule has 0 heterocycles. The molecule has 2 aromatic carbocycles. The van der Waals surface area contributed by atoms with E-state index in [1.165, 1.54) is 0 Å². The van der Waals surface area contributed by atoms with Crippen LogP contribution in [-0.2, 0) is 14.3 Å². The van der Waals surface area contributed by atoms with Crippen LogP contribution in [0, 0.1) is 5.92 Å². The molecule has 0 bridgehead atoms. The molecule has 0 radical (unpaired) electrons. The zero-order valence-electron chi connectivity index (χ0n) is 18.2. The van der Waals surface area contributed by atoms with Gasteiger partial charge < -0.3 is 20.5 Å². The van der Waals surface area contributed by atoms with Crippen LogP contribution < -0.4 is 10.6 Å². The van der Waals surface area contributed by atoms with Crippen LogP contribution in [0.1, 0.15) is 36.3 Å². The maximum Gasteiger partial charge on any atom is 0.407 e. The molecule has 0 fully saturated rings. The Balaban J connectivity index is 1.52. The van der Waals surface area contributed by atoms with E-state index in [9.17, 15) is 27.6 Å². The zero-order chi connectivity index (χ0) is 24.7. The molecule has 1 aliphatic carbocycles. The normalized spacial score (nSPS) is 13.5. The minimum Gasteiger partial charge on any atom is -0.481 e. The SMILES string of the molecule is O=C(O)CCCCNC(=O)C(CNC(=O)OCC1c2ccccc2-c2ccccc21)C(F)(F)F. The van der Waals surface area contributed by atoms with Gasteiger partial charge in [-0.1, -0.05) is 48.5 Å². The number of ether oxygens (including phenoxy) is 1. The van der Waals surface area contributed by atoms with Gasteiger partial charge in [0.25, 0.3) is 0 Å². The molecule has 34 heavy (non-hydrogen) atoms. The highest BCUT2D eigenvalue weighted by molar-refractivity contribution is 5.81. The molecule has 0 saturated carbocycles. The van der Waals surface area contributed by atoms with E-state index in [1.54, 1.807) is 0 Å². The predicted octanol–water partition coefficient (Wildman–Crippen LogP) is 4.07. The second-order valence-corrected chi connectivity index (χ2v) is 7.94. The number of carbonyl (C=O) groups excluding carboxylic acids is 2. The summed E-state index contributed by atoms with van der Waals surface area (Å²) in [6.07, 6.45) is -5.61. The summed E-state index contributed by atoms with van der Waals surface area (Å²) in [7, 11) is 0. The average molecular weight is 478 g/mol. The van der Waals surface area contributed by atoms with Gasteiger partial charge in [0.2, 0.25) is 5.91 Å². The fraction of sp³-hybridized carbons (Fsp3) is 0.375. The van der Waals surface area contributed by atoms with E-state index >= 15 is 0 Å². The molecular weight excluding hydrogens is 453 g/mol. The van der Waals surface area contributed by atoms with E-state index in [4.69, 9.17) is 9.84 Å². The van der Waals surface area contributed by atoms with Gasteiger partial charge in [-0.15, -0.1) is 0 Å². The maximum atomic E-state index is 13.3. The number of carbonyl (C=O) groups is 3. The Kier molecular flexibility index (Phi) is 8.14. The minimum atomic E-state index is -4.87. The van der Waals surface area contributed by atoms with Gasteiger partial charge >= 0.3 is 18.2 Å². The highest BCUT2D eigenvalue weighted by Crippen LogP contribution is 2.44. The van der Waals surface area contributed by atoms with Crippen molar-refractivity contribution in [3.63, 3.8) is 0 Å². The van der Waals surface area contributed by atoms with Gasteiger partial charge in [0, 0.05) is 25.4 Å². The molecule has 2 amide bonds. The van der Waals surface area contributed by atoms with Crippen molar-refractivity contribution in [1.29, 1.82) is 0 Å². The number of aliphatic carboxylic acids is 1. The molecular formula is C24H25F3N2O5. The molecule has 3 N–H and O–H groups in total. The van der Waals surface area contributed by atoms with E-state index in [0.717, 1.165) is 22.3 Å². The van der Waals surface area contributed by atoms with E-state index in [2.05, 4.69) is 5.32 Å².